The quantitative estimate of drug-likeness (QED) is 0.629. The number of carboxylic acid groups (broad SMARTS) is 1. The first kappa shape index (κ1) is 9.54. The monoisotopic (exact) mass is 181 g/mol. The number of carbonyl (C=O) groups is 1. The van der Waals surface area contributed by atoms with E-state index < -0.39 is 12.0 Å². The topological polar surface area (TPSA) is 83.6 Å². The zero-order valence-corrected chi connectivity index (χ0v) is 7.19. The van der Waals surface area contributed by atoms with E-state index in [-0.39, 0.29) is 5.75 Å². The van der Waals surface area contributed by atoms with Crippen molar-refractivity contribution in [1.82, 2.24) is 0 Å². The summed E-state index contributed by atoms with van der Waals surface area (Å²) in [6.07, 6.45) is 0. The zero-order chi connectivity index (χ0) is 10.0. The molecule has 0 fully saturated rings. The molecule has 1 aromatic carbocycles. The SMILES string of the molecule is Cc1ccc(C(N)C(=O)O)cc1O. The lowest BCUT2D eigenvalue weighted by Gasteiger charge is -2.07. The van der Waals surface area contributed by atoms with E-state index in [0.29, 0.717) is 11.1 Å². The van der Waals surface area contributed by atoms with Gasteiger partial charge in [0.15, 0.2) is 0 Å². The maximum Gasteiger partial charge on any atom is 0.325 e. The van der Waals surface area contributed by atoms with Crippen molar-refractivity contribution >= 4 is 5.97 Å². The molecular formula is C9H11NO3. The van der Waals surface area contributed by atoms with E-state index in [1.807, 2.05) is 0 Å². The molecule has 70 valence electrons. The van der Waals surface area contributed by atoms with Crippen LogP contribution in [-0.2, 0) is 4.79 Å². The largest absolute Gasteiger partial charge is 0.508 e. The minimum atomic E-state index is -1.11. The molecule has 1 rings (SSSR count). The second-order valence-corrected chi connectivity index (χ2v) is 2.86. The van der Waals surface area contributed by atoms with Crippen molar-refractivity contribution in [2.75, 3.05) is 0 Å². The maximum absolute atomic E-state index is 10.5. The second kappa shape index (κ2) is 3.45. The lowest BCUT2D eigenvalue weighted by atomic mass is 10.1. The minimum absolute atomic E-state index is 0.0641. The van der Waals surface area contributed by atoms with Crippen LogP contribution in [0.2, 0.25) is 0 Å². The highest BCUT2D eigenvalue weighted by Crippen LogP contribution is 2.20. The van der Waals surface area contributed by atoms with Gasteiger partial charge in [-0.3, -0.25) is 4.79 Å². The molecule has 4 nitrogen and oxygen atoms in total. The Kier molecular flexibility index (Phi) is 2.53. The molecule has 0 saturated carbocycles. The van der Waals surface area contributed by atoms with Crippen molar-refractivity contribution in [3.8, 4) is 5.75 Å². The third kappa shape index (κ3) is 1.97. The molecule has 0 saturated heterocycles. The second-order valence-electron chi connectivity index (χ2n) is 2.86. The lowest BCUT2D eigenvalue weighted by molar-refractivity contribution is -0.138. The molecule has 4 N–H and O–H groups in total. The lowest BCUT2D eigenvalue weighted by Crippen LogP contribution is -2.20. The molecule has 1 unspecified atom stereocenters. The molecule has 0 amide bonds. The molecule has 0 aliphatic carbocycles. The Morgan fingerprint density at radius 1 is 1.54 bits per heavy atom. The molecule has 0 radical (unpaired) electrons. The Hall–Kier alpha value is -1.55. The average Bonchev–Trinajstić information content (AvgIpc) is 2.08. The predicted octanol–water partition coefficient (Wildman–Crippen LogP) is 0.785. The Morgan fingerprint density at radius 2 is 2.15 bits per heavy atom. The highest BCUT2D eigenvalue weighted by atomic mass is 16.4. The molecule has 0 aliphatic rings. The van der Waals surface area contributed by atoms with Crippen molar-refractivity contribution < 1.29 is 15.0 Å². The fourth-order valence-electron chi connectivity index (χ4n) is 0.962. The van der Waals surface area contributed by atoms with Crippen molar-refractivity contribution in [2.24, 2.45) is 5.73 Å². The first-order valence-corrected chi connectivity index (χ1v) is 3.80. The van der Waals surface area contributed by atoms with Crippen LogP contribution in [0, 0.1) is 6.92 Å². The van der Waals surface area contributed by atoms with Crippen molar-refractivity contribution in [3.05, 3.63) is 29.3 Å². The van der Waals surface area contributed by atoms with Crippen LogP contribution in [0.15, 0.2) is 18.2 Å². The van der Waals surface area contributed by atoms with Gasteiger partial charge in [0, 0.05) is 0 Å². The summed E-state index contributed by atoms with van der Waals surface area (Å²) in [4.78, 5) is 10.5. The van der Waals surface area contributed by atoms with Gasteiger partial charge in [0.05, 0.1) is 0 Å². The standard InChI is InChI=1S/C9H11NO3/c1-5-2-3-6(4-7(5)11)8(10)9(12)13/h2-4,8,11H,10H2,1H3,(H,12,13). The van der Waals surface area contributed by atoms with Crippen LogP contribution in [0.1, 0.15) is 17.2 Å². The van der Waals surface area contributed by atoms with Gasteiger partial charge in [-0.1, -0.05) is 12.1 Å². The number of aromatic hydroxyl groups is 1. The van der Waals surface area contributed by atoms with Gasteiger partial charge in [-0.2, -0.15) is 0 Å². The fourth-order valence-corrected chi connectivity index (χ4v) is 0.962. The fraction of sp³-hybridized carbons (Fsp3) is 0.222. The summed E-state index contributed by atoms with van der Waals surface area (Å²) in [5.41, 5.74) is 6.44. The van der Waals surface area contributed by atoms with Crippen LogP contribution in [0.3, 0.4) is 0 Å². The van der Waals surface area contributed by atoms with Gasteiger partial charge in [-0.25, -0.2) is 0 Å². The summed E-state index contributed by atoms with van der Waals surface area (Å²) < 4.78 is 0. The summed E-state index contributed by atoms with van der Waals surface area (Å²) >= 11 is 0. The van der Waals surface area contributed by atoms with Crippen molar-refractivity contribution in [3.63, 3.8) is 0 Å². The summed E-state index contributed by atoms with van der Waals surface area (Å²) in [5, 5.41) is 17.9. The van der Waals surface area contributed by atoms with E-state index in [0.717, 1.165) is 0 Å². The van der Waals surface area contributed by atoms with E-state index in [1.54, 1.807) is 19.1 Å². The first-order valence-electron chi connectivity index (χ1n) is 3.80. The molecule has 1 aromatic rings. The number of carboxylic acids is 1. The van der Waals surface area contributed by atoms with Crippen LogP contribution in [0.5, 0.6) is 5.75 Å². The molecule has 4 heteroatoms. The van der Waals surface area contributed by atoms with E-state index >= 15 is 0 Å². The van der Waals surface area contributed by atoms with Gasteiger partial charge >= 0.3 is 5.97 Å². The molecule has 13 heavy (non-hydrogen) atoms. The van der Waals surface area contributed by atoms with E-state index in [1.165, 1.54) is 6.07 Å². The molecule has 0 aliphatic heterocycles. The van der Waals surface area contributed by atoms with Gasteiger partial charge in [-0.15, -0.1) is 0 Å². The van der Waals surface area contributed by atoms with Crippen LogP contribution in [0.4, 0.5) is 0 Å². The number of hydrogen-bond acceptors (Lipinski definition) is 3. The van der Waals surface area contributed by atoms with Gasteiger partial charge in [0.1, 0.15) is 11.8 Å². The van der Waals surface area contributed by atoms with Crippen LogP contribution >= 0.6 is 0 Å². The molecule has 0 heterocycles. The Labute approximate surface area is 75.6 Å². The molecule has 0 aromatic heterocycles. The molecule has 0 spiro atoms. The van der Waals surface area contributed by atoms with Gasteiger partial charge in [0.2, 0.25) is 0 Å². The van der Waals surface area contributed by atoms with Gasteiger partial charge in [-0.05, 0) is 24.1 Å². The van der Waals surface area contributed by atoms with Crippen LogP contribution in [0.25, 0.3) is 0 Å². The highest BCUT2D eigenvalue weighted by molar-refractivity contribution is 5.75. The third-order valence-electron chi connectivity index (χ3n) is 1.86. The number of rotatable bonds is 2. The maximum atomic E-state index is 10.5. The number of phenolic OH excluding ortho intramolecular Hbond substituents is 1. The Morgan fingerprint density at radius 3 is 2.62 bits per heavy atom. The summed E-state index contributed by atoms with van der Waals surface area (Å²) in [7, 11) is 0. The van der Waals surface area contributed by atoms with E-state index in [4.69, 9.17) is 10.8 Å². The summed E-state index contributed by atoms with van der Waals surface area (Å²) in [6, 6.07) is 3.52. The molecule has 1 atom stereocenters. The van der Waals surface area contributed by atoms with Crippen LogP contribution < -0.4 is 5.73 Å². The number of hydrogen-bond donors (Lipinski definition) is 3. The Balaban J connectivity index is 3.03. The average molecular weight is 181 g/mol. The number of aliphatic carboxylic acids is 1. The van der Waals surface area contributed by atoms with Gasteiger partial charge < -0.3 is 15.9 Å². The number of benzene rings is 1. The minimum Gasteiger partial charge on any atom is -0.508 e. The number of phenols is 1. The van der Waals surface area contributed by atoms with Crippen molar-refractivity contribution in [2.45, 2.75) is 13.0 Å². The van der Waals surface area contributed by atoms with E-state index in [2.05, 4.69) is 0 Å². The summed E-state index contributed by atoms with van der Waals surface area (Å²) in [6.45, 7) is 1.73. The molecule has 0 bridgehead atoms. The number of aryl methyl sites for hydroxylation is 1. The van der Waals surface area contributed by atoms with Crippen LogP contribution in [-0.4, -0.2) is 16.2 Å². The zero-order valence-electron chi connectivity index (χ0n) is 7.19. The summed E-state index contributed by atoms with van der Waals surface area (Å²) in [5.74, 6) is -1.04. The number of nitrogens with two attached hydrogens (primary N) is 1. The predicted molar refractivity (Wildman–Crippen MR) is 47.4 cm³/mol. The van der Waals surface area contributed by atoms with Crippen molar-refractivity contribution in [1.29, 1.82) is 0 Å². The first-order chi connectivity index (χ1) is 6.02. The Bertz CT molecular complexity index is 336. The smallest absolute Gasteiger partial charge is 0.325 e. The highest BCUT2D eigenvalue weighted by Gasteiger charge is 2.14. The van der Waals surface area contributed by atoms with E-state index in [9.17, 15) is 9.90 Å². The van der Waals surface area contributed by atoms with Gasteiger partial charge in [0.25, 0.3) is 0 Å². The normalized spacial score (nSPS) is 12.5. The molecular weight excluding hydrogens is 170 g/mol. The third-order valence-corrected chi connectivity index (χ3v) is 1.86.